The van der Waals surface area contributed by atoms with Gasteiger partial charge in [0.25, 0.3) is 0 Å². The number of nitrogens with one attached hydrogen (secondary N) is 1. The second kappa shape index (κ2) is 7.72. The van der Waals surface area contributed by atoms with Gasteiger partial charge in [0, 0.05) is 29.1 Å². The van der Waals surface area contributed by atoms with E-state index in [9.17, 15) is 10.1 Å². The molecule has 0 aliphatic carbocycles. The van der Waals surface area contributed by atoms with E-state index in [1.807, 2.05) is 49.4 Å². The number of piperidine rings is 1. The highest BCUT2D eigenvalue weighted by atomic mass is 32.1. The lowest BCUT2D eigenvalue weighted by Crippen LogP contribution is -2.51. The molecule has 3 heterocycles. The number of hydrogen-bond acceptors (Lipinski definition) is 5. The summed E-state index contributed by atoms with van der Waals surface area (Å²) in [5, 5.41) is 20.9. The van der Waals surface area contributed by atoms with E-state index in [4.69, 9.17) is 9.83 Å². The normalized spacial score (nSPS) is 20.9. The molecule has 5 rings (SSSR count). The molecule has 0 spiro atoms. The molecule has 33 heavy (non-hydrogen) atoms. The lowest BCUT2D eigenvalue weighted by Gasteiger charge is -2.44. The average molecular weight is 454 g/mol. The number of thiophene rings is 1. The van der Waals surface area contributed by atoms with Crippen LogP contribution >= 0.6 is 11.3 Å². The van der Waals surface area contributed by atoms with E-state index in [1.165, 1.54) is 4.90 Å². The van der Waals surface area contributed by atoms with Crippen LogP contribution in [0.1, 0.15) is 40.8 Å². The van der Waals surface area contributed by atoms with Gasteiger partial charge in [-0.15, -0.1) is 11.3 Å². The van der Waals surface area contributed by atoms with Crippen LogP contribution in [0.3, 0.4) is 0 Å². The lowest BCUT2D eigenvalue weighted by molar-refractivity contribution is -0.131. The SMILES string of the molecule is Cc1ccc(C#N)cc1-c1csc([C@@]2(C)CC(=N)N(C)C(=O)C2c2ccc3occc3c2)c1. The van der Waals surface area contributed by atoms with Crippen LogP contribution in [0.25, 0.3) is 22.1 Å². The van der Waals surface area contributed by atoms with Crippen molar-refractivity contribution >= 4 is 34.0 Å². The highest BCUT2D eigenvalue weighted by molar-refractivity contribution is 7.10. The van der Waals surface area contributed by atoms with E-state index in [0.717, 1.165) is 38.1 Å². The van der Waals surface area contributed by atoms with Gasteiger partial charge in [-0.3, -0.25) is 10.2 Å². The van der Waals surface area contributed by atoms with E-state index >= 15 is 0 Å². The lowest BCUT2D eigenvalue weighted by atomic mass is 9.67. The molecule has 0 bridgehead atoms. The molecular weight excluding hydrogens is 430 g/mol. The van der Waals surface area contributed by atoms with E-state index in [1.54, 1.807) is 24.6 Å². The third-order valence-electron chi connectivity index (χ3n) is 6.80. The number of likely N-dealkylation sites (tertiary alicyclic amines) is 1. The van der Waals surface area contributed by atoms with Crippen LogP contribution in [0.2, 0.25) is 0 Å². The van der Waals surface area contributed by atoms with Crippen LogP contribution in [0.5, 0.6) is 0 Å². The predicted molar refractivity (Wildman–Crippen MR) is 131 cm³/mol. The summed E-state index contributed by atoms with van der Waals surface area (Å²) in [5.41, 5.74) is 4.92. The quantitative estimate of drug-likeness (QED) is 0.400. The number of aryl methyl sites for hydroxylation is 1. The number of nitriles is 1. The molecule has 1 amide bonds. The monoisotopic (exact) mass is 453 g/mol. The van der Waals surface area contributed by atoms with E-state index in [0.29, 0.717) is 17.8 Å². The molecular formula is C27H23N3O2S. The van der Waals surface area contributed by atoms with E-state index in [-0.39, 0.29) is 5.91 Å². The zero-order valence-electron chi connectivity index (χ0n) is 18.7. The topological polar surface area (TPSA) is 81.1 Å². The maximum atomic E-state index is 13.5. The molecule has 2 atom stereocenters. The number of furan rings is 1. The number of carbonyl (C=O) groups excluding carboxylic acids is 1. The largest absolute Gasteiger partial charge is 0.464 e. The minimum atomic E-state index is -0.568. The van der Waals surface area contributed by atoms with Gasteiger partial charge in [0.2, 0.25) is 5.91 Å². The highest BCUT2D eigenvalue weighted by Gasteiger charge is 2.49. The molecule has 2 aromatic heterocycles. The summed E-state index contributed by atoms with van der Waals surface area (Å²) in [6.45, 7) is 4.12. The van der Waals surface area contributed by atoms with Crippen molar-refractivity contribution in [3.63, 3.8) is 0 Å². The number of amidine groups is 1. The first kappa shape index (κ1) is 21.2. The van der Waals surface area contributed by atoms with Crippen molar-refractivity contribution < 1.29 is 9.21 Å². The first-order chi connectivity index (χ1) is 15.8. The van der Waals surface area contributed by atoms with Crippen LogP contribution in [0, 0.1) is 23.7 Å². The van der Waals surface area contributed by atoms with E-state index in [2.05, 4.69) is 24.4 Å². The fourth-order valence-corrected chi connectivity index (χ4v) is 5.95. The maximum absolute atomic E-state index is 13.5. The summed E-state index contributed by atoms with van der Waals surface area (Å²) in [6, 6.07) is 17.9. The Hall–Kier alpha value is -3.69. The number of amides is 1. The summed E-state index contributed by atoms with van der Waals surface area (Å²) in [5.74, 6) is -0.177. The van der Waals surface area contributed by atoms with Gasteiger partial charge in [0.05, 0.1) is 23.8 Å². The molecule has 1 aliphatic rings. The van der Waals surface area contributed by atoms with Gasteiger partial charge < -0.3 is 9.32 Å². The van der Waals surface area contributed by atoms with Crippen molar-refractivity contribution in [3.8, 4) is 17.2 Å². The molecule has 1 unspecified atom stereocenters. The van der Waals surface area contributed by atoms with Crippen molar-refractivity contribution in [3.05, 3.63) is 81.7 Å². The fourth-order valence-electron chi connectivity index (χ4n) is 4.85. The van der Waals surface area contributed by atoms with Crippen LogP contribution in [0.4, 0.5) is 0 Å². The standard InChI is InChI=1S/C27H23N3O2S/c1-16-4-5-17(14-28)10-21(16)20-12-23(33-15-20)27(2)13-24(29)30(3)26(31)25(27)19-6-7-22-18(11-19)8-9-32-22/h4-12,15,25,29H,13H2,1-3H3/t25?,27-/m1/s1. The Morgan fingerprint density at radius 2 is 2.03 bits per heavy atom. The second-order valence-electron chi connectivity index (χ2n) is 8.93. The minimum Gasteiger partial charge on any atom is -0.464 e. The Bertz CT molecular complexity index is 1460. The van der Waals surface area contributed by atoms with Crippen molar-refractivity contribution in [2.24, 2.45) is 0 Å². The number of rotatable bonds is 3. The molecule has 4 aromatic rings. The van der Waals surface area contributed by atoms with Gasteiger partial charge >= 0.3 is 0 Å². The zero-order chi connectivity index (χ0) is 23.3. The van der Waals surface area contributed by atoms with Gasteiger partial charge in [-0.1, -0.05) is 19.1 Å². The molecule has 6 heteroatoms. The highest BCUT2D eigenvalue weighted by Crippen LogP contribution is 2.49. The number of fused-ring (bicyclic) bond motifs is 1. The second-order valence-corrected chi connectivity index (χ2v) is 9.84. The zero-order valence-corrected chi connectivity index (χ0v) is 19.5. The molecule has 1 saturated heterocycles. The van der Waals surface area contributed by atoms with Gasteiger partial charge in [-0.2, -0.15) is 5.26 Å². The summed E-state index contributed by atoms with van der Waals surface area (Å²) >= 11 is 1.61. The first-order valence-corrected chi connectivity index (χ1v) is 11.6. The van der Waals surface area contributed by atoms with E-state index < -0.39 is 11.3 Å². The summed E-state index contributed by atoms with van der Waals surface area (Å²) < 4.78 is 5.49. The van der Waals surface area contributed by atoms with Crippen LogP contribution in [0.15, 0.2) is 64.6 Å². The van der Waals surface area contributed by atoms with Crippen LogP contribution in [-0.2, 0) is 10.2 Å². The Kier molecular flexibility index (Phi) is 4.95. The maximum Gasteiger partial charge on any atom is 0.236 e. The third kappa shape index (κ3) is 3.37. The minimum absolute atomic E-state index is 0.0748. The van der Waals surface area contributed by atoms with Crippen molar-refractivity contribution in [1.82, 2.24) is 4.90 Å². The molecule has 164 valence electrons. The first-order valence-electron chi connectivity index (χ1n) is 10.7. The molecule has 1 fully saturated rings. The van der Waals surface area contributed by atoms with Gasteiger partial charge in [-0.05, 0) is 71.0 Å². The summed E-state index contributed by atoms with van der Waals surface area (Å²) in [4.78, 5) is 16.1. The number of hydrogen-bond donors (Lipinski definition) is 1. The van der Waals surface area contributed by atoms with Crippen molar-refractivity contribution in [2.75, 3.05) is 7.05 Å². The van der Waals surface area contributed by atoms with Crippen molar-refractivity contribution in [2.45, 2.75) is 31.6 Å². The van der Waals surface area contributed by atoms with Gasteiger partial charge in [0.1, 0.15) is 11.4 Å². The average Bonchev–Trinajstić information content (AvgIpc) is 3.48. The molecule has 0 saturated carbocycles. The third-order valence-corrected chi connectivity index (χ3v) is 8.01. The molecule has 5 nitrogen and oxygen atoms in total. The molecule has 1 aliphatic heterocycles. The Morgan fingerprint density at radius 1 is 1.21 bits per heavy atom. The van der Waals surface area contributed by atoms with Gasteiger partial charge in [-0.25, -0.2) is 0 Å². The predicted octanol–water partition coefficient (Wildman–Crippen LogP) is 6.22. The van der Waals surface area contributed by atoms with Gasteiger partial charge in [0.15, 0.2) is 0 Å². The Morgan fingerprint density at radius 3 is 2.82 bits per heavy atom. The fraction of sp³-hybridized carbons (Fsp3) is 0.222. The van der Waals surface area contributed by atoms with Crippen LogP contribution in [-0.4, -0.2) is 23.7 Å². The molecule has 2 aromatic carbocycles. The number of likely N-dealkylation sites (N-methyl/N-ethyl adjacent to an activating group) is 1. The number of nitrogens with zero attached hydrogens (tertiary/aromatic N) is 2. The Balaban J connectivity index is 1.64. The summed E-state index contributed by atoms with van der Waals surface area (Å²) in [7, 11) is 1.68. The van der Waals surface area contributed by atoms with Crippen LogP contribution < -0.4 is 0 Å². The number of carbonyl (C=O) groups is 1. The number of benzene rings is 2. The molecule has 1 N–H and O–H groups in total. The smallest absolute Gasteiger partial charge is 0.236 e. The Labute approximate surface area is 196 Å². The summed E-state index contributed by atoms with van der Waals surface area (Å²) in [6.07, 6.45) is 2.11. The molecule has 0 radical (unpaired) electrons. The van der Waals surface area contributed by atoms with Crippen molar-refractivity contribution in [1.29, 1.82) is 10.7 Å².